The van der Waals surface area contributed by atoms with Gasteiger partial charge in [0, 0.05) is 14.5 Å². The molecule has 4 heteroatoms. The first-order valence-electron chi connectivity index (χ1n) is 3.26. The molecule has 0 atom stereocenters. The number of alkyl halides is 2. The molecule has 12 heavy (non-hydrogen) atoms. The minimum Gasteiger partial charge on any atom is -0.205 e. The van der Waals surface area contributed by atoms with Crippen molar-refractivity contribution >= 4 is 31.9 Å². The Hall–Kier alpha value is 0.0400. The molecule has 0 aliphatic carbocycles. The summed E-state index contributed by atoms with van der Waals surface area (Å²) in [5, 5.41) is 0. The Morgan fingerprint density at radius 1 is 1.25 bits per heavy atom. The predicted molar refractivity (Wildman–Crippen MR) is 51.5 cm³/mol. The van der Waals surface area contributed by atoms with Crippen LogP contribution in [0, 0.1) is 6.92 Å². The largest absolute Gasteiger partial charge is 0.264 e. The van der Waals surface area contributed by atoms with E-state index in [4.69, 9.17) is 0 Å². The maximum Gasteiger partial charge on any atom is 0.264 e. The lowest BCUT2D eigenvalue weighted by atomic mass is 10.1. The maximum absolute atomic E-state index is 12.3. The lowest BCUT2D eigenvalue weighted by Gasteiger charge is -2.06. The highest BCUT2D eigenvalue weighted by atomic mass is 79.9. The molecule has 0 nitrogen and oxygen atoms in total. The Morgan fingerprint density at radius 2 is 1.83 bits per heavy atom. The van der Waals surface area contributed by atoms with E-state index in [-0.39, 0.29) is 5.56 Å². The van der Waals surface area contributed by atoms with Gasteiger partial charge in [-0.1, -0.05) is 0 Å². The van der Waals surface area contributed by atoms with Crippen LogP contribution in [0.4, 0.5) is 8.78 Å². The van der Waals surface area contributed by atoms with Gasteiger partial charge in [0.1, 0.15) is 0 Å². The van der Waals surface area contributed by atoms with Gasteiger partial charge in [0.15, 0.2) is 0 Å². The molecule has 0 spiro atoms. The van der Waals surface area contributed by atoms with E-state index in [2.05, 4.69) is 31.9 Å². The highest BCUT2D eigenvalue weighted by Gasteiger charge is 2.13. The second kappa shape index (κ2) is 3.83. The molecule has 0 bridgehead atoms. The van der Waals surface area contributed by atoms with Crippen molar-refractivity contribution < 1.29 is 8.78 Å². The summed E-state index contributed by atoms with van der Waals surface area (Å²) in [6, 6.07) is 3.26. The van der Waals surface area contributed by atoms with E-state index in [0.29, 0.717) is 8.95 Å². The normalized spacial score (nSPS) is 10.8. The fourth-order valence-corrected chi connectivity index (χ4v) is 1.90. The van der Waals surface area contributed by atoms with Crippen LogP contribution in [0.5, 0.6) is 0 Å². The first-order chi connectivity index (χ1) is 5.52. The van der Waals surface area contributed by atoms with Gasteiger partial charge in [-0.15, -0.1) is 0 Å². The average Bonchev–Trinajstić information content (AvgIpc) is 1.96. The van der Waals surface area contributed by atoms with Crippen LogP contribution in [0.25, 0.3) is 0 Å². The van der Waals surface area contributed by atoms with Crippen molar-refractivity contribution in [1.29, 1.82) is 0 Å². The van der Waals surface area contributed by atoms with Gasteiger partial charge in [-0.05, 0) is 56.5 Å². The fourth-order valence-electron chi connectivity index (χ4n) is 0.910. The molecular weight excluding hydrogens is 294 g/mol. The quantitative estimate of drug-likeness (QED) is 0.718. The Balaban J connectivity index is 3.28. The molecule has 0 fully saturated rings. The number of benzene rings is 1. The van der Waals surface area contributed by atoms with Crippen molar-refractivity contribution in [2.45, 2.75) is 13.3 Å². The zero-order valence-corrected chi connectivity index (χ0v) is 9.42. The zero-order valence-electron chi connectivity index (χ0n) is 6.24. The molecule has 66 valence electrons. The molecule has 0 aliphatic rings. The van der Waals surface area contributed by atoms with E-state index >= 15 is 0 Å². The summed E-state index contributed by atoms with van der Waals surface area (Å²) in [5.41, 5.74) is 0.849. The first kappa shape index (κ1) is 10.1. The predicted octanol–water partition coefficient (Wildman–Crippen LogP) is 4.46. The Bertz CT molecular complexity index is 297. The van der Waals surface area contributed by atoms with Gasteiger partial charge in [-0.2, -0.15) is 0 Å². The number of hydrogen-bond acceptors (Lipinski definition) is 0. The lowest BCUT2D eigenvalue weighted by molar-refractivity contribution is 0.150. The number of aryl methyl sites for hydroxylation is 1. The van der Waals surface area contributed by atoms with Crippen LogP contribution in [0.1, 0.15) is 17.6 Å². The van der Waals surface area contributed by atoms with Crippen LogP contribution in [0.15, 0.2) is 21.1 Å². The minimum atomic E-state index is -2.43. The highest BCUT2D eigenvalue weighted by Crippen LogP contribution is 2.34. The maximum atomic E-state index is 12.3. The lowest BCUT2D eigenvalue weighted by Crippen LogP contribution is -1.88. The van der Waals surface area contributed by atoms with Crippen LogP contribution in [0.3, 0.4) is 0 Å². The summed E-state index contributed by atoms with van der Waals surface area (Å²) in [5.74, 6) is 0. The molecule has 0 radical (unpaired) electrons. The van der Waals surface area contributed by atoms with Crippen LogP contribution in [-0.2, 0) is 0 Å². The molecule has 1 aromatic rings. The van der Waals surface area contributed by atoms with Crippen LogP contribution < -0.4 is 0 Å². The molecule has 0 N–H and O–H groups in total. The van der Waals surface area contributed by atoms with Crippen molar-refractivity contribution in [3.63, 3.8) is 0 Å². The molecule has 1 aromatic carbocycles. The van der Waals surface area contributed by atoms with Gasteiger partial charge in [0.2, 0.25) is 0 Å². The van der Waals surface area contributed by atoms with E-state index in [1.54, 1.807) is 13.0 Å². The number of halogens is 4. The number of hydrogen-bond donors (Lipinski definition) is 0. The average molecular weight is 300 g/mol. The molecule has 0 heterocycles. The molecule has 0 amide bonds. The van der Waals surface area contributed by atoms with E-state index < -0.39 is 6.43 Å². The van der Waals surface area contributed by atoms with Crippen molar-refractivity contribution in [3.05, 3.63) is 32.2 Å². The van der Waals surface area contributed by atoms with Gasteiger partial charge in [-0.25, -0.2) is 8.78 Å². The highest BCUT2D eigenvalue weighted by molar-refractivity contribution is 9.13. The second-order valence-corrected chi connectivity index (χ2v) is 4.10. The summed E-state index contributed by atoms with van der Waals surface area (Å²) >= 11 is 6.27. The van der Waals surface area contributed by atoms with Crippen molar-refractivity contribution in [3.8, 4) is 0 Å². The molecular formula is C8H6Br2F2. The van der Waals surface area contributed by atoms with Gasteiger partial charge in [-0.3, -0.25) is 0 Å². The van der Waals surface area contributed by atoms with Crippen LogP contribution >= 0.6 is 31.9 Å². The summed E-state index contributed by atoms with van der Waals surface area (Å²) in [4.78, 5) is 0. The van der Waals surface area contributed by atoms with E-state index in [9.17, 15) is 8.78 Å². The smallest absolute Gasteiger partial charge is 0.205 e. The summed E-state index contributed by atoms with van der Waals surface area (Å²) in [7, 11) is 0. The SMILES string of the molecule is Cc1cc(Br)c(Br)c(C(F)F)c1. The van der Waals surface area contributed by atoms with Crippen molar-refractivity contribution in [2.24, 2.45) is 0 Å². The van der Waals surface area contributed by atoms with Gasteiger partial charge in [0.05, 0.1) is 0 Å². The Kier molecular flexibility index (Phi) is 3.23. The number of rotatable bonds is 1. The standard InChI is InChI=1S/C8H6Br2F2/c1-4-2-5(8(11)12)7(10)6(9)3-4/h2-3,8H,1H3. The van der Waals surface area contributed by atoms with Crippen LogP contribution in [-0.4, -0.2) is 0 Å². The fraction of sp³-hybridized carbons (Fsp3) is 0.250. The third-order valence-corrected chi connectivity index (χ3v) is 3.48. The second-order valence-electron chi connectivity index (χ2n) is 2.45. The third-order valence-electron chi connectivity index (χ3n) is 1.44. The van der Waals surface area contributed by atoms with E-state index in [0.717, 1.165) is 5.56 Å². The summed E-state index contributed by atoms with van der Waals surface area (Å²) in [6.07, 6.45) is -2.43. The van der Waals surface area contributed by atoms with Crippen molar-refractivity contribution in [2.75, 3.05) is 0 Å². The van der Waals surface area contributed by atoms with Crippen LogP contribution in [0.2, 0.25) is 0 Å². The Morgan fingerprint density at radius 3 is 2.33 bits per heavy atom. The van der Waals surface area contributed by atoms with Gasteiger partial charge >= 0.3 is 0 Å². The molecule has 0 aromatic heterocycles. The summed E-state index contributed by atoms with van der Waals surface area (Å²) < 4.78 is 25.8. The summed E-state index contributed by atoms with van der Waals surface area (Å²) in [6.45, 7) is 1.78. The monoisotopic (exact) mass is 298 g/mol. The first-order valence-corrected chi connectivity index (χ1v) is 4.84. The van der Waals surface area contributed by atoms with Gasteiger partial charge < -0.3 is 0 Å². The molecule has 0 saturated carbocycles. The van der Waals surface area contributed by atoms with Crippen molar-refractivity contribution in [1.82, 2.24) is 0 Å². The molecule has 0 aliphatic heterocycles. The topological polar surface area (TPSA) is 0 Å². The van der Waals surface area contributed by atoms with E-state index in [1.165, 1.54) is 6.07 Å². The molecule has 0 unspecified atom stereocenters. The molecule has 1 rings (SSSR count). The third kappa shape index (κ3) is 2.04. The Labute approximate surface area is 86.2 Å². The molecule has 0 saturated heterocycles. The van der Waals surface area contributed by atoms with E-state index in [1.807, 2.05) is 0 Å². The zero-order chi connectivity index (χ0) is 9.30. The minimum absolute atomic E-state index is 0.0295. The van der Waals surface area contributed by atoms with Gasteiger partial charge in [0.25, 0.3) is 6.43 Å².